The molecule has 0 bridgehead atoms. The van der Waals surface area contributed by atoms with Crippen LogP contribution in [0.3, 0.4) is 0 Å². The zero-order chi connectivity index (χ0) is 12.8. The van der Waals surface area contributed by atoms with Gasteiger partial charge >= 0.3 is 9.45 Å². The molecular formula is C12H29NO2Si. The van der Waals surface area contributed by atoms with Gasteiger partial charge in [-0.3, -0.25) is 4.98 Å². The molecule has 0 rings (SSSR count). The predicted molar refractivity (Wildman–Crippen MR) is 71.7 cm³/mol. The summed E-state index contributed by atoms with van der Waals surface area (Å²) in [6, 6.07) is 0. The van der Waals surface area contributed by atoms with Crippen molar-refractivity contribution in [1.29, 1.82) is 0 Å². The zero-order valence-corrected chi connectivity index (χ0v) is 13.2. The van der Waals surface area contributed by atoms with Crippen LogP contribution in [0, 0.1) is 0 Å². The molecule has 4 heteroatoms. The van der Waals surface area contributed by atoms with Gasteiger partial charge in [-0.05, 0) is 54.5 Å². The molecule has 3 nitrogen and oxygen atoms in total. The first-order chi connectivity index (χ1) is 7.14. The molecule has 0 fully saturated rings. The fourth-order valence-electron chi connectivity index (χ4n) is 1.15. The Morgan fingerprint density at radius 3 is 1.69 bits per heavy atom. The molecule has 0 aliphatic rings. The fraction of sp³-hybridized carbons (Fsp3) is 1.00. The zero-order valence-electron chi connectivity index (χ0n) is 12.0. The lowest BCUT2D eigenvalue weighted by Crippen LogP contribution is -2.49. The molecule has 1 N–H and O–H groups in total. The van der Waals surface area contributed by atoms with Gasteiger partial charge in [-0.2, -0.15) is 0 Å². The average molecular weight is 247 g/mol. The quantitative estimate of drug-likeness (QED) is 0.578. The van der Waals surface area contributed by atoms with Crippen LogP contribution in [0.4, 0.5) is 0 Å². The lowest BCUT2D eigenvalue weighted by atomic mass is 10.2. The Kier molecular flexibility index (Phi) is 6.78. The van der Waals surface area contributed by atoms with Crippen molar-refractivity contribution < 1.29 is 8.85 Å². The van der Waals surface area contributed by atoms with Gasteiger partial charge in [0, 0.05) is 0 Å². The largest absolute Gasteiger partial charge is 0.409 e. The Morgan fingerprint density at radius 1 is 0.938 bits per heavy atom. The third-order valence-corrected chi connectivity index (χ3v) is 4.23. The number of hydrogen-bond acceptors (Lipinski definition) is 3. The first-order valence-corrected chi connectivity index (χ1v) is 7.75. The minimum absolute atomic E-state index is 0.138. The fourth-order valence-corrected chi connectivity index (χ4v) is 3.09. The van der Waals surface area contributed by atoms with E-state index in [9.17, 15) is 0 Å². The van der Waals surface area contributed by atoms with E-state index in [0.717, 1.165) is 6.54 Å². The minimum Gasteiger partial charge on any atom is -0.380 e. The van der Waals surface area contributed by atoms with Crippen LogP contribution in [0.1, 0.15) is 61.3 Å². The number of hydrogen-bond donors (Lipinski definition) is 1. The average Bonchev–Trinajstić information content (AvgIpc) is 1.97. The normalized spacial score (nSPS) is 13.5. The van der Waals surface area contributed by atoms with E-state index in [-0.39, 0.29) is 11.2 Å². The van der Waals surface area contributed by atoms with E-state index in [1.165, 1.54) is 12.8 Å². The molecule has 0 unspecified atom stereocenters. The highest BCUT2D eigenvalue weighted by atomic mass is 28.3. The molecule has 0 aliphatic heterocycles. The summed E-state index contributed by atoms with van der Waals surface area (Å²) in [6.45, 7) is 15.6. The van der Waals surface area contributed by atoms with Crippen molar-refractivity contribution in [2.24, 2.45) is 0 Å². The molecule has 0 heterocycles. The van der Waals surface area contributed by atoms with Crippen LogP contribution in [-0.2, 0) is 8.85 Å². The molecule has 0 amide bonds. The summed E-state index contributed by atoms with van der Waals surface area (Å²) in [5.41, 5.74) is -0.275. The van der Waals surface area contributed by atoms with Crippen molar-refractivity contribution >= 4 is 9.45 Å². The van der Waals surface area contributed by atoms with E-state index < -0.39 is 9.45 Å². The summed E-state index contributed by atoms with van der Waals surface area (Å²) < 4.78 is 11.9. The van der Waals surface area contributed by atoms with Crippen LogP contribution >= 0.6 is 0 Å². The SMILES string of the molecule is CCCCN[SiH](OC(C)(C)C)OC(C)(C)C. The lowest BCUT2D eigenvalue weighted by Gasteiger charge is -2.31. The standard InChI is InChI=1S/C12H29NO2Si/c1-8-9-10-13-16(14-11(2,3)4)15-12(5,6)7/h13,16H,8-10H2,1-7H3. The van der Waals surface area contributed by atoms with Crippen LogP contribution in [0.2, 0.25) is 0 Å². The lowest BCUT2D eigenvalue weighted by molar-refractivity contribution is 0.0283. The number of unbranched alkanes of at least 4 members (excludes halogenated alkanes) is 1. The molecule has 0 radical (unpaired) electrons. The Labute approximate surface area is 103 Å². The Bertz CT molecular complexity index is 168. The van der Waals surface area contributed by atoms with Crippen LogP contribution < -0.4 is 4.98 Å². The molecule has 98 valence electrons. The van der Waals surface area contributed by atoms with Gasteiger partial charge in [-0.25, -0.2) is 0 Å². The Balaban J connectivity index is 4.17. The molecule has 0 aliphatic carbocycles. The molecule has 0 saturated heterocycles. The summed E-state index contributed by atoms with van der Waals surface area (Å²) in [5, 5.41) is 0. The maximum Gasteiger partial charge on any atom is 0.409 e. The summed E-state index contributed by atoms with van der Waals surface area (Å²) in [5.74, 6) is 0. The van der Waals surface area contributed by atoms with E-state index in [0.29, 0.717) is 0 Å². The molecule has 0 saturated carbocycles. The summed E-state index contributed by atoms with van der Waals surface area (Å²) in [7, 11) is -1.77. The summed E-state index contributed by atoms with van der Waals surface area (Å²) in [4.78, 5) is 3.43. The van der Waals surface area contributed by atoms with E-state index in [4.69, 9.17) is 8.85 Å². The van der Waals surface area contributed by atoms with Gasteiger partial charge in [0.05, 0.1) is 11.2 Å². The molecule has 0 aromatic heterocycles. The summed E-state index contributed by atoms with van der Waals surface area (Å²) in [6.07, 6.45) is 2.36. The monoisotopic (exact) mass is 247 g/mol. The topological polar surface area (TPSA) is 30.5 Å². The van der Waals surface area contributed by atoms with Gasteiger partial charge in [0.2, 0.25) is 0 Å². The van der Waals surface area contributed by atoms with Gasteiger partial charge < -0.3 is 8.85 Å². The van der Waals surface area contributed by atoms with Crippen LogP contribution in [0.15, 0.2) is 0 Å². The molecule has 16 heavy (non-hydrogen) atoms. The smallest absolute Gasteiger partial charge is 0.380 e. The minimum atomic E-state index is -1.77. The number of rotatable bonds is 6. The Hall–Kier alpha value is 0.0969. The van der Waals surface area contributed by atoms with E-state index in [1.54, 1.807) is 0 Å². The second-order valence-corrected chi connectivity index (χ2v) is 7.64. The van der Waals surface area contributed by atoms with E-state index in [1.807, 2.05) is 0 Å². The summed E-state index contributed by atoms with van der Waals surface area (Å²) >= 11 is 0. The Morgan fingerprint density at radius 2 is 1.38 bits per heavy atom. The van der Waals surface area contributed by atoms with E-state index in [2.05, 4.69) is 53.4 Å². The maximum absolute atomic E-state index is 5.97. The third kappa shape index (κ3) is 10.6. The van der Waals surface area contributed by atoms with Crippen molar-refractivity contribution in [3.8, 4) is 0 Å². The molecule has 0 aromatic carbocycles. The molecule has 0 atom stereocenters. The van der Waals surface area contributed by atoms with Crippen molar-refractivity contribution in [2.75, 3.05) is 6.54 Å². The molecule has 0 spiro atoms. The predicted octanol–water partition coefficient (Wildman–Crippen LogP) is 2.72. The van der Waals surface area contributed by atoms with Crippen molar-refractivity contribution in [3.63, 3.8) is 0 Å². The van der Waals surface area contributed by atoms with Crippen LogP contribution in [0.25, 0.3) is 0 Å². The molecular weight excluding hydrogens is 218 g/mol. The van der Waals surface area contributed by atoms with Crippen molar-refractivity contribution in [2.45, 2.75) is 72.5 Å². The highest BCUT2D eigenvalue weighted by Gasteiger charge is 2.26. The van der Waals surface area contributed by atoms with Crippen molar-refractivity contribution in [3.05, 3.63) is 0 Å². The number of nitrogens with one attached hydrogen (secondary N) is 1. The van der Waals surface area contributed by atoms with Gasteiger partial charge in [-0.1, -0.05) is 13.3 Å². The van der Waals surface area contributed by atoms with Gasteiger partial charge in [-0.15, -0.1) is 0 Å². The van der Waals surface area contributed by atoms with Gasteiger partial charge in [0.1, 0.15) is 0 Å². The third-order valence-electron chi connectivity index (χ3n) is 1.76. The first-order valence-electron chi connectivity index (χ1n) is 6.23. The van der Waals surface area contributed by atoms with Gasteiger partial charge in [0.25, 0.3) is 0 Å². The van der Waals surface area contributed by atoms with Crippen molar-refractivity contribution in [1.82, 2.24) is 4.98 Å². The first kappa shape index (κ1) is 16.1. The van der Waals surface area contributed by atoms with Crippen LogP contribution in [0.5, 0.6) is 0 Å². The second-order valence-electron chi connectivity index (χ2n) is 6.10. The molecule has 0 aromatic rings. The highest BCUT2D eigenvalue weighted by molar-refractivity contribution is 6.41. The maximum atomic E-state index is 5.97. The highest BCUT2D eigenvalue weighted by Crippen LogP contribution is 2.14. The van der Waals surface area contributed by atoms with E-state index >= 15 is 0 Å². The second kappa shape index (κ2) is 6.74. The van der Waals surface area contributed by atoms with Gasteiger partial charge in [0.15, 0.2) is 0 Å². The van der Waals surface area contributed by atoms with Crippen LogP contribution in [-0.4, -0.2) is 27.2 Å².